The van der Waals surface area contributed by atoms with E-state index in [1.54, 1.807) is 6.08 Å². The molecule has 3 rings (SSSR count). The lowest BCUT2D eigenvalue weighted by Gasteiger charge is -2.12. The number of thiophene rings is 1. The van der Waals surface area contributed by atoms with Crippen molar-refractivity contribution in [3.8, 4) is 0 Å². The zero-order valence-corrected chi connectivity index (χ0v) is 13.7. The number of nitrogens with one attached hydrogen (secondary N) is 1. The summed E-state index contributed by atoms with van der Waals surface area (Å²) in [5, 5.41) is 4.44. The lowest BCUT2D eigenvalue weighted by molar-refractivity contribution is -0.125. The van der Waals surface area contributed by atoms with Gasteiger partial charge in [0.1, 0.15) is 0 Å². The van der Waals surface area contributed by atoms with Gasteiger partial charge < -0.3 is 5.32 Å². The topological polar surface area (TPSA) is 66.5 Å². The van der Waals surface area contributed by atoms with Crippen LogP contribution in [0.4, 0.5) is 4.79 Å². The van der Waals surface area contributed by atoms with Gasteiger partial charge in [0.05, 0.1) is 4.91 Å². The van der Waals surface area contributed by atoms with Gasteiger partial charge >= 0.3 is 0 Å². The minimum Gasteiger partial charge on any atom is -0.354 e. The molecule has 22 heavy (non-hydrogen) atoms. The van der Waals surface area contributed by atoms with E-state index in [4.69, 9.17) is 0 Å². The Labute approximate surface area is 136 Å². The fourth-order valence-corrected chi connectivity index (χ4v) is 3.89. The molecule has 0 aromatic carbocycles. The van der Waals surface area contributed by atoms with E-state index < -0.39 is 0 Å². The summed E-state index contributed by atoms with van der Waals surface area (Å²) in [5.41, 5.74) is 0. The van der Waals surface area contributed by atoms with Crippen LogP contribution >= 0.6 is 23.1 Å². The van der Waals surface area contributed by atoms with Crippen molar-refractivity contribution in [3.05, 3.63) is 27.3 Å². The van der Waals surface area contributed by atoms with E-state index in [1.807, 2.05) is 24.4 Å². The first-order chi connectivity index (χ1) is 10.6. The molecule has 7 heteroatoms. The summed E-state index contributed by atoms with van der Waals surface area (Å²) < 4.78 is 0. The predicted molar refractivity (Wildman–Crippen MR) is 87.3 cm³/mol. The van der Waals surface area contributed by atoms with E-state index in [2.05, 4.69) is 5.32 Å². The van der Waals surface area contributed by atoms with Gasteiger partial charge in [-0.05, 0) is 41.6 Å². The molecular formula is C15H16N2O3S2. The predicted octanol–water partition coefficient (Wildman–Crippen LogP) is 2.56. The SMILES string of the molecule is CC1CC1C(=O)NCCN1C(=O)SC(=Cc2cccs2)C1=O. The van der Waals surface area contributed by atoms with Crippen molar-refractivity contribution in [3.63, 3.8) is 0 Å². The normalized spacial score (nSPS) is 25.9. The van der Waals surface area contributed by atoms with Crippen LogP contribution in [-0.4, -0.2) is 35.0 Å². The molecule has 2 atom stereocenters. The maximum atomic E-state index is 12.2. The van der Waals surface area contributed by atoms with Crippen LogP contribution in [0.15, 0.2) is 22.4 Å². The number of carbonyl (C=O) groups excluding carboxylic acids is 3. The lowest BCUT2D eigenvalue weighted by Crippen LogP contribution is -2.37. The Morgan fingerprint density at radius 2 is 2.27 bits per heavy atom. The Balaban J connectivity index is 1.54. The van der Waals surface area contributed by atoms with Crippen LogP contribution in [0, 0.1) is 11.8 Å². The van der Waals surface area contributed by atoms with Gasteiger partial charge in [0.15, 0.2) is 0 Å². The van der Waals surface area contributed by atoms with Gasteiger partial charge in [-0.15, -0.1) is 11.3 Å². The van der Waals surface area contributed by atoms with Crippen LogP contribution in [0.2, 0.25) is 0 Å². The number of rotatable bonds is 5. The fourth-order valence-electron chi connectivity index (χ4n) is 2.30. The molecule has 1 N–H and O–H groups in total. The number of hydrogen-bond donors (Lipinski definition) is 1. The van der Waals surface area contributed by atoms with Crippen LogP contribution in [0.1, 0.15) is 18.2 Å². The average Bonchev–Trinajstić information content (AvgIpc) is 2.90. The van der Waals surface area contributed by atoms with Crippen LogP contribution in [0.5, 0.6) is 0 Å². The van der Waals surface area contributed by atoms with Gasteiger partial charge in [0, 0.05) is 23.9 Å². The van der Waals surface area contributed by atoms with E-state index in [0.29, 0.717) is 17.4 Å². The summed E-state index contributed by atoms with van der Waals surface area (Å²) >= 11 is 2.47. The van der Waals surface area contributed by atoms with Crippen molar-refractivity contribution in [2.75, 3.05) is 13.1 Å². The average molecular weight is 336 g/mol. The van der Waals surface area contributed by atoms with Gasteiger partial charge in [0.2, 0.25) is 5.91 Å². The molecular weight excluding hydrogens is 320 g/mol. The first kappa shape index (κ1) is 15.3. The maximum absolute atomic E-state index is 12.2. The summed E-state index contributed by atoms with van der Waals surface area (Å²) in [7, 11) is 0. The number of thioether (sulfide) groups is 1. The van der Waals surface area contributed by atoms with E-state index in [0.717, 1.165) is 23.1 Å². The van der Waals surface area contributed by atoms with Crippen LogP contribution in [-0.2, 0) is 9.59 Å². The summed E-state index contributed by atoms with van der Waals surface area (Å²) in [4.78, 5) is 38.4. The van der Waals surface area contributed by atoms with Gasteiger partial charge in [-0.3, -0.25) is 19.3 Å². The molecule has 2 fully saturated rings. The lowest BCUT2D eigenvalue weighted by atomic mass is 10.3. The quantitative estimate of drug-likeness (QED) is 0.839. The third-order valence-electron chi connectivity index (χ3n) is 3.77. The van der Waals surface area contributed by atoms with Crippen molar-refractivity contribution in [1.82, 2.24) is 10.2 Å². The summed E-state index contributed by atoms with van der Waals surface area (Å²) in [6.45, 7) is 2.57. The van der Waals surface area contributed by atoms with Crippen molar-refractivity contribution in [1.29, 1.82) is 0 Å². The Morgan fingerprint density at radius 3 is 2.91 bits per heavy atom. The first-order valence-electron chi connectivity index (χ1n) is 7.13. The molecule has 5 nitrogen and oxygen atoms in total. The van der Waals surface area contributed by atoms with Crippen molar-refractivity contribution in [2.24, 2.45) is 11.8 Å². The minimum atomic E-state index is -0.280. The summed E-state index contributed by atoms with van der Waals surface area (Å²) in [6, 6.07) is 3.80. The highest BCUT2D eigenvalue weighted by Crippen LogP contribution is 2.37. The molecule has 0 bridgehead atoms. The largest absolute Gasteiger partial charge is 0.354 e. The Kier molecular flexibility index (Phi) is 4.35. The number of carbonyl (C=O) groups is 3. The molecule has 2 aliphatic rings. The van der Waals surface area contributed by atoms with Crippen molar-refractivity contribution in [2.45, 2.75) is 13.3 Å². The van der Waals surface area contributed by atoms with Crippen LogP contribution < -0.4 is 5.32 Å². The molecule has 3 amide bonds. The standard InChI is InChI=1S/C15H16N2O3S2/c1-9-7-11(9)13(18)16-4-5-17-14(19)12(22-15(17)20)8-10-3-2-6-21-10/h2-3,6,8-9,11H,4-5,7H2,1H3,(H,16,18). The molecule has 1 saturated heterocycles. The number of hydrogen-bond acceptors (Lipinski definition) is 5. The molecule has 1 aromatic heterocycles. The zero-order valence-electron chi connectivity index (χ0n) is 12.1. The summed E-state index contributed by atoms with van der Waals surface area (Å²) in [5.74, 6) is 0.297. The molecule has 1 saturated carbocycles. The molecule has 116 valence electrons. The molecule has 0 spiro atoms. The molecule has 1 aliphatic carbocycles. The van der Waals surface area contributed by atoms with E-state index in [-0.39, 0.29) is 29.5 Å². The van der Waals surface area contributed by atoms with Crippen LogP contribution in [0.25, 0.3) is 6.08 Å². The second-order valence-electron chi connectivity index (χ2n) is 5.46. The number of nitrogens with zero attached hydrogens (tertiary/aromatic N) is 1. The molecule has 2 heterocycles. The molecule has 1 aromatic rings. The number of amides is 3. The monoisotopic (exact) mass is 336 g/mol. The zero-order chi connectivity index (χ0) is 15.7. The van der Waals surface area contributed by atoms with E-state index in [9.17, 15) is 14.4 Å². The van der Waals surface area contributed by atoms with Gasteiger partial charge in [-0.25, -0.2) is 0 Å². The molecule has 1 aliphatic heterocycles. The Morgan fingerprint density at radius 1 is 1.50 bits per heavy atom. The van der Waals surface area contributed by atoms with Gasteiger partial charge in [-0.1, -0.05) is 13.0 Å². The Hall–Kier alpha value is -1.60. The van der Waals surface area contributed by atoms with Crippen molar-refractivity contribution < 1.29 is 14.4 Å². The maximum Gasteiger partial charge on any atom is 0.293 e. The highest BCUT2D eigenvalue weighted by Gasteiger charge is 2.39. The second-order valence-corrected chi connectivity index (χ2v) is 7.43. The second kappa shape index (κ2) is 6.26. The van der Waals surface area contributed by atoms with Crippen LogP contribution in [0.3, 0.4) is 0 Å². The number of imide groups is 1. The molecule has 0 radical (unpaired) electrons. The minimum absolute atomic E-state index is 0.0219. The summed E-state index contributed by atoms with van der Waals surface area (Å²) in [6.07, 6.45) is 2.66. The molecule has 2 unspecified atom stereocenters. The smallest absolute Gasteiger partial charge is 0.293 e. The third kappa shape index (κ3) is 3.25. The highest BCUT2D eigenvalue weighted by atomic mass is 32.2. The first-order valence-corrected chi connectivity index (χ1v) is 8.82. The fraction of sp³-hybridized carbons (Fsp3) is 0.400. The highest BCUT2D eigenvalue weighted by molar-refractivity contribution is 8.18. The van der Waals surface area contributed by atoms with Crippen molar-refractivity contribution >= 4 is 46.2 Å². The van der Waals surface area contributed by atoms with Gasteiger partial charge in [0.25, 0.3) is 11.1 Å². The van der Waals surface area contributed by atoms with Gasteiger partial charge in [-0.2, -0.15) is 0 Å². The third-order valence-corrected chi connectivity index (χ3v) is 5.50. The Bertz CT molecular complexity index is 639. The van der Waals surface area contributed by atoms with E-state index >= 15 is 0 Å². The van der Waals surface area contributed by atoms with E-state index in [1.165, 1.54) is 16.2 Å².